The summed E-state index contributed by atoms with van der Waals surface area (Å²) < 4.78 is 28.2. The first kappa shape index (κ1) is 16.7. The minimum Gasteiger partial charge on any atom is -0.316 e. The monoisotopic (exact) mass is 331 g/mol. The van der Waals surface area contributed by atoms with E-state index in [1.165, 1.54) is 4.31 Å². The van der Waals surface area contributed by atoms with Crippen LogP contribution >= 0.6 is 12.4 Å². The Balaban J connectivity index is 0.00000161. The molecule has 7 heteroatoms. The maximum absolute atomic E-state index is 12.6. The molecule has 0 radical (unpaired) electrons. The first-order chi connectivity index (χ1) is 9.51. The van der Waals surface area contributed by atoms with Crippen molar-refractivity contribution in [2.75, 3.05) is 33.7 Å². The number of nitrogens with one attached hydrogen (secondary N) is 1. The molecule has 2 aliphatic rings. The van der Waals surface area contributed by atoms with E-state index in [0.29, 0.717) is 18.4 Å². The maximum Gasteiger partial charge on any atom is 0.282 e. The number of benzene rings is 1. The number of halogens is 1. The van der Waals surface area contributed by atoms with Crippen LogP contribution in [0, 0.1) is 11.8 Å². The van der Waals surface area contributed by atoms with Crippen molar-refractivity contribution in [1.82, 2.24) is 13.9 Å². The molecule has 2 fully saturated rings. The largest absolute Gasteiger partial charge is 0.316 e. The van der Waals surface area contributed by atoms with Crippen LogP contribution in [0.25, 0.3) is 0 Å². The molecule has 0 amide bonds. The SMILES string of the molecule is CN(C)S(=O)(=O)N1C[C@@H]2CNC[C@@H]2[C@@H]1c1ccccc1.Cl. The predicted octanol–water partition coefficient (Wildman–Crippen LogP) is 1.11. The minimum atomic E-state index is -3.38. The van der Waals surface area contributed by atoms with Gasteiger partial charge in [0.2, 0.25) is 0 Å². The fraction of sp³-hybridized carbons (Fsp3) is 0.571. The van der Waals surface area contributed by atoms with Gasteiger partial charge in [-0.2, -0.15) is 17.0 Å². The summed E-state index contributed by atoms with van der Waals surface area (Å²) in [6.45, 7) is 2.41. The predicted molar refractivity (Wildman–Crippen MR) is 85.6 cm³/mol. The van der Waals surface area contributed by atoms with Gasteiger partial charge < -0.3 is 5.32 Å². The number of nitrogens with zero attached hydrogens (tertiary/aromatic N) is 2. The lowest BCUT2D eigenvalue weighted by molar-refractivity contribution is 0.324. The molecule has 1 aromatic rings. The fourth-order valence-corrected chi connectivity index (χ4v) is 4.76. The third-order valence-corrected chi connectivity index (χ3v) is 6.31. The zero-order valence-corrected chi connectivity index (χ0v) is 13.9. The van der Waals surface area contributed by atoms with Gasteiger partial charge in [0.1, 0.15) is 0 Å². The van der Waals surface area contributed by atoms with Crippen LogP contribution in [0.2, 0.25) is 0 Å². The Bertz CT molecular complexity index is 579. The van der Waals surface area contributed by atoms with Crippen LogP contribution in [-0.2, 0) is 10.2 Å². The van der Waals surface area contributed by atoms with Crippen LogP contribution in [-0.4, -0.2) is 50.8 Å². The van der Waals surface area contributed by atoms with Crippen molar-refractivity contribution in [3.8, 4) is 0 Å². The highest BCUT2D eigenvalue weighted by atomic mass is 35.5. The molecule has 2 saturated heterocycles. The molecule has 1 N–H and O–H groups in total. The third kappa shape index (κ3) is 2.83. The molecule has 2 heterocycles. The van der Waals surface area contributed by atoms with Crippen LogP contribution in [0.5, 0.6) is 0 Å². The summed E-state index contributed by atoms with van der Waals surface area (Å²) in [6.07, 6.45) is 0. The van der Waals surface area contributed by atoms with E-state index >= 15 is 0 Å². The zero-order chi connectivity index (χ0) is 14.3. The Kier molecular flexibility index (Phi) is 4.95. The summed E-state index contributed by atoms with van der Waals surface area (Å²) in [5.74, 6) is 0.780. The number of rotatable bonds is 3. The van der Waals surface area contributed by atoms with Crippen molar-refractivity contribution in [3.63, 3.8) is 0 Å². The molecule has 0 spiro atoms. The van der Waals surface area contributed by atoms with Crippen LogP contribution in [0.4, 0.5) is 0 Å². The average Bonchev–Trinajstić information content (AvgIpc) is 2.99. The quantitative estimate of drug-likeness (QED) is 0.902. The number of fused-ring (bicyclic) bond motifs is 1. The van der Waals surface area contributed by atoms with E-state index in [1.54, 1.807) is 18.4 Å². The van der Waals surface area contributed by atoms with Gasteiger partial charge in [-0.3, -0.25) is 0 Å². The summed E-state index contributed by atoms with van der Waals surface area (Å²) in [5, 5.41) is 3.39. The van der Waals surface area contributed by atoms with Crippen LogP contribution in [0.15, 0.2) is 30.3 Å². The summed E-state index contributed by atoms with van der Waals surface area (Å²) in [5.41, 5.74) is 1.09. The van der Waals surface area contributed by atoms with Crippen molar-refractivity contribution in [2.24, 2.45) is 11.8 Å². The van der Waals surface area contributed by atoms with E-state index < -0.39 is 10.2 Å². The normalized spacial score (nSPS) is 29.4. The molecule has 0 bridgehead atoms. The van der Waals surface area contributed by atoms with Gasteiger partial charge in [0.05, 0.1) is 6.04 Å². The Morgan fingerprint density at radius 2 is 1.86 bits per heavy atom. The Morgan fingerprint density at radius 3 is 2.48 bits per heavy atom. The van der Waals surface area contributed by atoms with Gasteiger partial charge in [0.25, 0.3) is 10.2 Å². The lowest BCUT2D eigenvalue weighted by atomic mass is 9.90. The van der Waals surface area contributed by atoms with Crippen molar-refractivity contribution in [1.29, 1.82) is 0 Å². The molecule has 118 valence electrons. The lowest BCUT2D eigenvalue weighted by Crippen LogP contribution is -2.41. The topological polar surface area (TPSA) is 52.7 Å². The van der Waals surface area contributed by atoms with E-state index in [4.69, 9.17) is 0 Å². The standard InChI is InChI=1S/C14H21N3O2S.ClH/c1-16(2)20(18,19)17-10-12-8-15-9-13(12)14(17)11-6-4-3-5-7-11;/h3-7,12-15H,8-10H2,1-2H3;1H/t12-,13-,14-;/m0./s1. The smallest absolute Gasteiger partial charge is 0.282 e. The molecule has 2 aliphatic heterocycles. The van der Waals surface area contributed by atoms with Gasteiger partial charge in [-0.25, -0.2) is 0 Å². The first-order valence-electron chi connectivity index (χ1n) is 6.97. The second kappa shape index (κ2) is 6.22. The van der Waals surface area contributed by atoms with Gasteiger partial charge in [-0.15, -0.1) is 12.4 Å². The van der Waals surface area contributed by atoms with Gasteiger partial charge in [0.15, 0.2) is 0 Å². The van der Waals surface area contributed by atoms with Crippen molar-refractivity contribution < 1.29 is 8.42 Å². The van der Waals surface area contributed by atoms with Gasteiger partial charge in [-0.05, 0) is 23.9 Å². The molecular weight excluding hydrogens is 310 g/mol. The Morgan fingerprint density at radius 1 is 1.19 bits per heavy atom. The van der Waals surface area contributed by atoms with Gasteiger partial charge in [-0.1, -0.05) is 30.3 Å². The molecule has 1 aromatic carbocycles. The highest BCUT2D eigenvalue weighted by Crippen LogP contribution is 2.44. The van der Waals surface area contributed by atoms with Crippen molar-refractivity contribution in [3.05, 3.63) is 35.9 Å². The Labute approximate surface area is 132 Å². The van der Waals surface area contributed by atoms with E-state index in [0.717, 1.165) is 18.7 Å². The van der Waals surface area contributed by atoms with Gasteiger partial charge in [0, 0.05) is 27.2 Å². The van der Waals surface area contributed by atoms with Crippen LogP contribution < -0.4 is 5.32 Å². The minimum absolute atomic E-state index is 0. The highest BCUT2D eigenvalue weighted by Gasteiger charge is 2.49. The molecular formula is C14H22ClN3O2S. The molecule has 0 saturated carbocycles. The van der Waals surface area contributed by atoms with Crippen LogP contribution in [0.1, 0.15) is 11.6 Å². The number of hydrogen-bond donors (Lipinski definition) is 1. The third-order valence-electron chi connectivity index (χ3n) is 4.42. The second-order valence-electron chi connectivity index (χ2n) is 5.80. The molecule has 0 aromatic heterocycles. The number of hydrogen-bond acceptors (Lipinski definition) is 3. The molecule has 3 rings (SSSR count). The van der Waals surface area contributed by atoms with Crippen LogP contribution in [0.3, 0.4) is 0 Å². The average molecular weight is 332 g/mol. The van der Waals surface area contributed by atoms with E-state index in [-0.39, 0.29) is 18.4 Å². The molecule has 3 atom stereocenters. The summed E-state index contributed by atoms with van der Waals surface area (Å²) >= 11 is 0. The fourth-order valence-electron chi connectivity index (χ4n) is 3.39. The maximum atomic E-state index is 12.6. The molecule has 0 unspecified atom stereocenters. The summed E-state index contributed by atoms with van der Waals surface area (Å²) in [6, 6.07) is 9.93. The van der Waals surface area contributed by atoms with E-state index in [9.17, 15) is 8.42 Å². The second-order valence-corrected chi connectivity index (χ2v) is 7.89. The first-order valence-corrected chi connectivity index (χ1v) is 8.36. The summed E-state index contributed by atoms with van der Waals surface area (Å²) in [4.78, 5) is 0. The zero-order valence-electron chi connectivity index (χ0n) is 12.3. The molecule has 21 heavy (non-hydrogen) atoms. The summed E-state index contributed by atoms with van der Waals surface area (Å²) in [7, 11) is -0.175. The Hall–Kier alpha value is -0.660. The van der Waals surface area contributed by atoms with E-state index in [1.807, 2.05) is 30.3 Å². The molecule has 5 nitrogen and oxygen atoms in total. The van der Waals surface area contributed by atoms with Crippen molar-refractivity contribution >= 4 is 22.6 Å². The van der Waals surface area contributed by atoms with E-state index in [2.05, 4.69) is 5.32 Å². The lowest BCUT2D eigenvalue weighted by Gasteiger charge is -2.29. The van der Waals surface area contributed by atoms with Crippen molar-refractivity contribution in [2.45, 2.75) is 6.04 Å². The van der Waals surface area contributed by atoms with Gasteiger partial charge >= 0.3 is 0 Å². The molecule has 0 aliphatic carbocycles. The highest BCUT2D eigenvalue weighted by molar-refractivity contribution is 7.86.